The van der Waals surface area contributed by atoms with E-state index in [9.17, 15) is 0 Å². The van der Waals surface area contributed by atoms with Gasteiger partial charge in [-0.15, -0.1) is 0 Å². The van der Waals surface area contributed by atoms with E-state index < -0.39 is 0 Å². The molecule has 0 amide bonds. The molecule has 2 aromatic rings. The van der Waals surface area contributed by atoms with E-state index in [1.807, 2.05) is 13.1 Å². The van der Waals surface area contributed by atoms with Crippen molar-refractivity contribution in [1.82, 2.24) is 19.7 Å². The maximum absolute atomic E-state index is 5.92. The predicted molar refractivity (Wildman–Crippen MR) is 72.8 cm³/mol. The van der Waals surface area contributed by atoms with Crippen LogP contribution in [-0.2, 0) is 0 Å². The number of hydrogen-bond acceptors (Lipinski definition) is 5. The third-order valence-corrected chi connectivity index (χ3v) is 3.68. The van der Waals surface area contributed by atoms with Gasteiger partial charge < -0.3 is 10.6 Å². The molecule has 3 rings (SSSR count). The molecular formula is C11H13BrN6. The van der Waals surface area contributed by atoms with Gasteiger partial charge in [0.2, 0.25) is 0 Å². The van der Waals surface area contributed by atoms with Crippen LogP contribution in [0, 0.1) is 6.92 Å². The fourth-order valence-corrected chi connectivity index (χ4v) is 2.23. The van der Waals surface area contributed by atoms with Gasteiger partial charge in [0.15, 0.2) is 5.82 Å². The molecule has 1 aliphatic rings. The average molecular weight is 309 g/mol. The fourth-order valence-electron chi connectivity index (χ4n) is 1.80. The summed E-state index contributed by atoms with van der Waals surface area (Å²) in [7, 11) is 0. The molecule has 6 nitrogen and oxygen atoms in total. The summed E-state index contributed by atoms with van der Waals surface area (Å²) in [6.07, 6.45) is 4.83. The maximum Gasteiger partial charge on any atom is 0.254 e. The normalized spacial score (nSPS) is 14.7. The molecule has 94 valence electrons. The lowest BCUT2D eigenvalue weighted by molar-refractivity contribution is 0.605. The lowest BCUT2D eigenvalue weighted by Gasteiger charge is -2.32. The van der Waals surface area contributed by atoms with Crippen molar-refractivity contribution in [3.8, 4) is 5.95 Å². The molecule has 1 aliphatic heterocycles. The summed E-state index contributed by atoms with van der Waals surface area (Å²) in [4.78, 5) is 10.9. The highest BCUT2D eigenvalue weighted by atomic mass is 79.9. The van der Waals surface area contributed by atoms with E-state index in [2.05, 4.69) is 35.9 Å². The van der Waals surface area contributed by atoms with Gasteiger partial charge in [-0.3, -0.25) is 0 Å². The fraction of sp³-hybridized carbons (Fsp3) is 0.364. The third-order valence-electron chi connectivity index (χ3n) is 2.92. The van der Waals surface area contributed by atoms with Crippen molar-refractivity contribution in [2.45, 2.75) is 13.3 Å². The van der Waals surface area contributed by atoms with Crippen LogP contribution in [0.5, 0.6) is 0 Å². The largest absolute Gasteiger partial charge is 0.383 e. The van der Waals surface area contributed by atoms with Crippen LogP contribution in [0.25, 0.3) is 5.95 Å². The molecule has 0 aliphatic carbocycles. The van der Waals surface area contributed by atoms with E-state index in [4.69, 9.17) is 5.73 Å². The van der Waals surface area contributed by atoms with Gasteiger partial charge >= 0.3 is 0 Å². The van der Waals surface area contributed by atoms with Crippen molar-refractivity contribution in [1.29, 1.82) is 0 Å². The summed E-state index contributed by atoms with van der Waals surface area (Å²) < 4.78 is 2.40. The van der Waals surface area contributed by atoms with Crippen molar-refractivity contribution in [3.05, 3.63) is 22.4 Å². The van der Waals surface area contributed by atoms with E-state index in [0.717, 1.165) is 28.9 Å². The molecule has 18 heavy (non-hydrogen) atoms. The van der Waals surface area contributed by atoms with Crippen LogP contribution < -0.4 is 10.6 Å². The Morgan fingerprint density at radius 2 is 2.11 bits per heavy atom. The maximum atomic E-state index is 5.92. The van der Waals surface area contributed by atoms with Crippen molar-refractivity contribution in [2.24, 2.45) is 0 Å². The van der Waals surface area contributed by atoms with E-state index >= 15 is 0 Å². The molecule has 0 spiro atoms. The van der Waals surface area contributed by atoms with Gasteiger partial charge in [-0.25, -0.2) is 4.68 Å². The first-order valence-electron chi connectivity index (χ1n) is 5.75. The van der Waals surface area contributed by atoms with Gasteiger partial charge in [-0.2, -0.15) is 15.1 Å². The quantitative estimate of drug-likeness (QED) is 0.910. The predicted octanol–water partition coefficient (Wildman–Crippen LogP) is 1.53. The number of anilines is 2. The van der Waals surface area contributed by atoms with E-state index in [0.29, 0.717) is 11.8 Å². The molecule has 1 fully saturated rings. The van der Waals surface area contributed by atoms with Gasteiger partial charge in [-0.1, -0.05) is 0 Å². The Balaban J connectivity index is 2.08. The Morgan fingerprint density at radius 1 is 1.33 bits per heavy atom. The Morgan fingerprint density at radius 3 is 2.67 bits per heavy atom. The summed E-state index contributed by atoms with van der Waals surface area (Å²) in [6.45, 7) is 3.99. The van der Waals surface area contributed by atoms with Crippen molar-refractivity contribution >= 4 is 27.6 Å². The zero-order chi connectivity index (χ0) is 12.7. The molecule has 2 N–H and O–H groups in total. The lowest BCUT2D eigenvalue weighted by atomic mass is 10.2. The van der Waals surface area contributed by atoms with Crippen LogP contribution in [0.1, 0.15) is 12.0 Å². The zero-order valence-electron chi connectivity index (χ0n) is 9.97. The molecule has 0 aromatic carbocycles. The number of nitrogens with zero attached hydrogens (tertiary/aromatic N) is 5. The molecule has 0 saturated carbocycles. The molecule has 0 unspecified atom stereocenters. The van der Waals surface area contributed by atoms with Crippen molar-refractivity contribution in [3.63, 3.8) is 0 Å². The van der Waals surface area contributed by atoms with Crippen LogP contribution >= 0.6 is 15.9 Å². The van der Waals surface area contributed by atoms with Gasteiger partial charge in [0.1, 0.15) is 10.3 Å². The topological polar surface area (TPSA) is 72.9 Å². The van der Waals surface area contributed by atoms with Gasteiger partial charge in [-0.05, 0) is 34.8 Å². The highest BCUT2D eigenvalue weighted by Crippen LogP contribution is 2.31. The molecule has 0 bridgehead atoms. The van der Waals surface area contributed by atoms with E-state index in [-0.39, 0.29) is 0 Å². The standard InChI is InChI=1S/C11H13BrN6/c1-7-5-14-18(6-7)11-15-9(13)8(12)10(16-11)17-3-2-4-17/h5-6H,2-4H2,1H3,(H2,13,15,16). The number of nitrogens with two attached hydrogens (primary N) is 1. The number of aromatic nitrogens is 4. The SMILES string of the molecule is Cc1cnn(-c2nc(N)c(Br)c(N3CCC3)n2)c1. The molecule has 0 atom stereocenters. The second-order valence-corrected chi connectivity index (χ2v) is 5.14. The Kier molecular flexibility index (Phi) is 2.70. The van der Waals surface area contributed by atoms with Crippen LogP contribution in [0.3, 0.4) is 0 Å². The van der Waals surface area contributed by atoms with Crippen molar-refractivity contribution < 1.29 is 0 Å². The molecule has 0 radical (unpaired) electrons. The number of rotatable bonds is 2. The second-order valence-electron chi connectivity index (χ2n) is 4.35. The summed E-state index contributed by atoms with van der Waals surface area (Å²) in [5, 5.41) is 4.20. The first-order chi connectivity index (χ1) is 8.65. The van der Waals surface area contributed by atoms with E-state index in [1.54, 1.807) is 10.9 Å². The molecule has 2 aromatic heterocycles. The minimum atomic E-state index is 0.440. The number of nitrogen functional groups attached to an aromatic ring is 1. The molecular weight excluding hydrogens is 296 g/mol. The van der Waals surface area contributed by atoms with Crippen LogP contribution in [0.2, 0.25) is 0 Å². The van der Waals surface area contributed by atoms with Crippen molar-refractivity contribution in [2.75, 3.05) is 23.7 Å². The summed E-state index contributed by atoms with van der Waals surface area (Å²) in [5.41, 5.74) is 6.98. The molecule has 1 saturated heterocycles. The highest BCUT2D eigenvalue weighted by Gasteiger charge is 2.22. The van der Waals surface area contributed by atoms with Gasteiger partial charge in [0, 0.05) is 19.3 Å². The highest BCUT2D eigenvalue weighted by molar-refractivity contribution is 9.10. The van der Waals surface area contributed by atoms with Crippen LogP contribution in [0.4, 0.5) is 11.6 Å². The van der Waals surface area contributed by atoms with Gasteiger partial charge in [0.25, 0.3) is 5.95 Å². The van der Waals surface area contributed by atoms with E-state index in [1.165, 1.54) is 6.42 Å². The average Bonchev–Trinajstić information content (AvgIpc) is 2.69. The smallest absolute Gasteiger partial charge is 0.254 e. The lowest BCUT2D eigenvalue weighted by Crippen LogP contribution is -2.38. The van der Waals surface area contributed by atoms with Crippen LogP contribution in [0.15, 0.2) is 16.9 Å². The zero-order valence-corrected chi connectivity index (χ0v) is 11.6. The number of aryl methyl sites for hydroxylation is 1. The summed E-state index contributed by atoms with van der Waals surface area (Å²) >= 11 is 3.45. The summed E-state index contributed by atoms with van der Waals surface area (Å²) in [5.74, 6) is 1.79. The Labute approximate surface area is 113 Å². The second kappa shape index (κ2) is 4.24. The molecule has 3 heterocycles. The monoisotopic (exact) mass is 308 g/mol. The summed E-state index contributed by atoms with van der Waals surface area (Å²) in [6, 6.07) is 0. The first-order valence-corrected chi connectivity index (χ1v) is 6.54. The minimum absolute atomic E-state index is 0.440. The molecule has 7 heteroatoms. The third kappa shape index (κ3) is 1.84. The minimum Gasteiger partial charge on any atom is -0.383 e. The number of hydrogen-bond donors (Lipinski definition) is 1. The first kappa shape index (κ1) is 11.5. The number of halogens is 1. The Hall–Kier alpha value is -1.63. The van der Waals surface area contributed by atoms with Crippen LogP contribution in [-0.4, -0.2) is 32.8 Å². The van der Waals surface area contributed by atoms with Gasteiger partial charge in [0.05, 0.1) is 6.20 Å². The Bertz CT molecular complexity index is 589.